The Morgan fingerprint density at radius 2 is 1.94 bits per heavy atom. The van der Waals surface area contributed by atoms with Crippen molar-refractivity contribution in [3.8, 4) is 11.5 Å². The molecule has 0 aliphatic heterocycles. The molecule has 0 bridgehead atoms. The van der Waals surface area contributed by atoms with E-state index < -0.39 is 4.92 Å². The molecule has 1 radical (unpaired) electrons. The third-order valence-electron chi connectivity index (χ3n) is 2.04. The van der Waals surface area contributed by atoms with E-state index in [0.717, 1.165) is 0 Å². The first-order chi connectivity index (χ1) is 8.16. The minimum Gasteiger partial charge on any atom is -0.450 e. The van der Waals surface area contributed by atoms with E-state index in [1.165, 1.54) is 12.1 Å². The fraction of sp³-hybridized carbons (Fsp3) is 0. The van der Waals surface area contributed by atoms with Crippen molar-refractivity contribution in [2.45, 2.75) is 0 Å². The van der Waals surface area contributed by atoms with Gasteiger partial charge in [0.2, 0.25) is 5.75 Å². The number of rotatable bonds is 3. The average molecular weight is 249 g/mol. The van der Waals surface area contributed by atoms with Crippen LogP contribution in [0.5, 0.6) is 11.5 Å². The summed E-state index contributed by atoms with van der Waals surface area (Å²) in [5.41, 5.74) is -0.123. The molecule has 0 atom stereocenters. The summed E-state index contributed by atoms with van der Waals surface area (Å²) < 4.78 is 5.41. The molecule has 0 fully saturated rings. The molecule has 0 unspecified atom stereocenters. The maximum absolute atomic E-state index is 10.8. The van der Waals surface area contributed by atoms with Crippen molar-refractivity contribution in [3.05, 3.63) is 63.7 Å². The Morgan fingerprint density at radius 1 is 1.24 bits per heavy atom. The quantitative estimate of drug-likeness (QED) is 0.612. The molecule has 0 saturated heterocycles. The summed E-state index contributed by atoms with van der Waals surface area (Å²) in [6, 6.07) is 13.5. The minimum atomic E-state index is -0.512. The molecule has 2 aromatic rings. The second-order valence-electron chi connectivity index (χ2n) is 3.21. The lowest BCUT2D eigenvalue weighted by molar-refractivity contribution is -0.385. The summed E-state index contributed by atoms with van der Waals surface area (Å²) in [6.45, 7) is 0. The maximum Gasteiger partial charge on any atom is 0.312 e. The van der Waals surface area contributed by atoms with Gasteiger partial charge >= 0.3 is 5.69 Å². The highest BCUT2D eigenvalue weighted by Gasteiger charge is 2.14. The Labute approximate surface area is 103 Å². The van der Waals surface area contributed by atoms with E-state index in [1.807, 2.05) is 0 Å². The van der Waals surface area contributed by atoms with E-state index in [0.29, 0.717) is 10.8 Å². The van der Waals surface area contributed by atoms with Gasteiger partial charge in [-0.1, -0.05) is 17.7 Å². The predicted octanol–water partition coefficient (Wildman–Crippen LogP) is 3.84. The molecule has 17 heavy (non-hydrogen) atoms. The SMILES string of the molecule is O=[N+]([O-])c1c[c]ccc1Oc1ccc(Cl)cc1. The van der Waals surface area contributed by atoms with E-state index in [-0.39, 0.29) is 11.4 Å². The van der Waals surface area contributed by atoms with Crippen LogP contribution < -0.4 is 4.74 Å². The molecular weight excluding hydrogens is 242 g/mol. The van der Waals surface area contributed by atoms with Crippen LogP contribution in [0, 0.1) is 16.2 Å². The van der Waals surface area contributed by atoms with Crippen LogP contribution in [0.1, 0.15) is 0 Å². The van der Waals surface area contributed by atoms with Crippen molar-refractivity contribution in [2.75, 3.05) is 0 Å². The van der Waals surface area contributed by atoms with E-state index in [1.54, 1.807) is 30.3 Å². The lowest BCUT2D eigenvalue weighted by Crippen LogP contribution is -1.92. The first-order valence-electron chi connectivity index (χ1n) is 4.75. The number of nitrogens with zero attached hydrogens (tertiary/aromatic N) is 1. The van der Waals surface area contributed by atoms with Gasteiger partial charge in [-0.15, -0.1) is 0 Å². The number of hydrogen-bond acceptors (Lipinski definition) is 3. The molecule has 0 aliphatic carbocycles. The highest BCUT2D eigenvalue weighted by molar-refractivity contribution is 6.30. The van der Waals surface area contributed by atoms with Crippen molar-refractivity contribution in [2.24, 2.45) is 0 Å². The lowest BCUT2D eigenvalue weighted by atomic mass is 10.3. The van der Waals surface area contributed by atoms with Gasteiger partial charge < -0.3 is 4.74 Å². The molecule has 0 amide bonds. The summed E-state index contributed by atoms with van der Waals surface area (Å²) in [5.74, 6) is 0.666. The maximum atomic E-state index is 10.8. The third-order valence-corrected chi connectivity index (χ3v) is 2.29. The lowest BCUT2D eigenvalue weighted by Gasteiger charge is -2.05. The fourth-order valence-corrected chi connectivity index (χ4v) is 1.39. The molecule has 4 nitrogen and oxygen atoms in total. The number of benzene rings is 2. The Bertz CT molecular complexity index is 540. The molecule has 0 aliphatic rings. The largest absolute Gasteiger partial charge is 0.450 e. The van der Waals surface area contributed by atoms with Gasteiger partial charge in [0.05, 0.1) is 4.92 Å². The standard InChI is InChI=1S/C12H7ClNO3/c13-9-5-7-10(8-6-9)17-12-4-2-1-3-11(12)14(15)16/h2-8H. The monoisotopic (exact) mass is 248 g/mol. The van der Waals surface area contributed by atoms with Crippen LogP contribution in [0.25, 0.3) is 0 Å². The highest BCUT2D eigenvalue weighted by atomic mass is 35.5. The van der Waals surface area contributed by atoms with Crippen LogP contribution >= 0.6 is 11.6 Å². The zero-order chi connectivity index (χ0) is 12.3. The van der Waals surface area contributed by atoms with Crippen LogP contribution in [-0.2, 0) is 0 Å². The number of halogens is 1. The fourth-order valence-electron chi connectivity index (χ4n) is 1.27. The zero-order valence-electron chi connectivity index (χ0n) is 8.59. The van der Waals surface area contributed by atoms with Gasteiger partial charge in [0, 0.05) is 11.1 Å². The van der Waals surface area contributed by atoms with Crippen LogP contribution in [-0.4, -0.2) is 4.92 Å². The van der Waals surface area contributed by atoms with Gasteiger partial charge in [0.15, 0.2) is 0 Å². The smallest absolute Gasteiger partial charge is 0.312 e. The van der Waals surface area contributed by atoms with Crippen molar-refractivity contribution in [1.29, 1.82) is 0 Å². The van der Waals surface area contributed by atoms with Crippen LogP contribution in [0.2, 0.25) is 5.02 Å². The summed E-state index contributed by atoms with van der Waals surface area (Å²) >= 11 is 5.73. The van der Waals surface area contributed by atoms with E-state index >= 15 is 0 Å². The van der Waals surface area contributed by atoms with Crippen molar-refractivity contribution in [1.82, 2.24) is 0 Å². The van der Waals surface area contributed by atoms with Crippen molar-refractivity contribution in [3.63, 3.8) is 0 Å². The van der Waals surface area contributed by atoms with E-state index in [4.69, 9.17) is 16.3 Å². The van der Waals surface area contributed by atoms with Crippen LogP contribution in [0.3, 0.4) is 0 Å². The molecule has 0 heterocycles. The highest BCUT2D eigenvalue weighted by Crippen LogP contribution is 2.30. The molecule has 2 rings (SSSR count). The second kappa shape index (κ2) is 4.84. The summed E-state index contributed by atoms with van der Waals surface area (Å²) in [6.07, 6.45) is 0. The first-order valence-corrected chi connectivity index (χ1v) is 5.12. The van der Waals surface area contributed by atoms with Crippen LogP contribution in [0.4, 0.5) is 5.69 Å². The van der Waals surface area contributed by atoms with Gasteiger partial charge in [0.25, 0.3) is 0 Å². The summed E-state index contributed by atoms with van der Waals surface area (Å²) in [4.78, 5) is 10.2. The Morgan fingerprint density at radius 3 is 2.59 bits per heavy atom. The van der Waals surface area contributed by atoms with Crippen molar-refractivity contribution < 1.29 is 9.66 Å². The van der Waals surface area contributed by atoms with Crippen molar-refractivity contribution >= 4 is 17.3 Å². The molecular formula is C12H7ClNO3. The normalized spacial score (nSPS) is 9.94. The molecule has 5 heteroatoms. The van der Waals surface area contributed by atoms with Gasteiger partial charge in [-0.2, -0.15) is 0 Å². The number of hydrogen-bond donors (Lipinski definition) is 0. The topological polar surface area (TPSA) is 52.4 Å². The molecule has 0 N–H and O–H groups in total. The van der Waals surface area contributed by atoms with E-state index in [2.05, 4.69) is 6.07 Å². The molecule has 0 saturated carbocycles. The summed E-state index contributed by atoms with van der Waals surface area (Å²) in [5, 5.41) is 11.3. The van der Waals surface area contributed by atoms with Gasteiger partial charge in [0.1, 0.15) is 5.75 Å². The predicted molar refractivity (Wildman–Crippen MR) is 63.5 cm³/mol. The zero-order valence-corrected chi connectivity index (χ0v) is 9.35. The van der Waals surface area contributed by atoms with Gasteiger partial charge in [-0.05, 0) is 36.4 Å². The minimum absolute atomic E-state index is 0.123. The number of nitro groups is 1. The van der Waals surface area contributed by atoms with Gasteiger partial charge in [-0.3, -0.25) is 10.1 Å². The Hall–Kier alpha value is -2.07. The average Bonchev–Trinajstić information content (AvgIpc) is 2.32. The van der Waals surface area contributed by atoms with E-state index in [9.17, 15) is 10.1 Å². The Balaban J connectivity index is 2.30. The number of ether oxygens (including phenoxy) is 1. The molecule has 0 aromatic heterocycles. The summed E-state index contributed by atoms with van der Waals surface area (Å²) in [7, 11) is 0. The molecule has 2 aromatic carbocycles. The third kappa shape index (κ3) is 2.73. The Kier molecular flexibility index (Phi) is 3.25. The first kappa shape index (κ1) is 11.4. The number of nitro benzene ring substituents is 1. The molecule has 0 spiro atoms. The second-order valence-corrected chi connectivity index (χ2v) is 3.64. The van der Waals surface area contributed by atoms with Crippen LogP contribution in [0.15, 0.2) is 42.5 Å². The van der Waals surface area contributed by atoms with Gasteiger partial charge in [-0.25, -0.2) is 0 Å². The molecule has 85 valence electrons.